The molecule has 3 heterocycles. The molecule has 11 heteroatoms. The molecule has 0 saturated carbocycles. The van der Waals surface area contributed by atoms with Crippen LogP contribution >= 0.6 is 11.6 Å². The minimum Gasteiger partial charge on any atom is -0.454 e. The summed E-state index contributed by atoms with van der Waals surface area (Å²) in [5.41, 5.74) is 0.986. The summed E-state index contributed by atoms with van der Waals surface area (Å²) in [5.74, 6) is 0.355. The zero-order valence-corrected chi connectivity index (χ0v) is 16.0. The number of fused-ring (bicyclic) bond motifs is 2. The lowest BCUT2D eigenvalue weighted by Crippen LogP contribution is -2.21. The maximum atomic E-state index is 12.7. The van der Waals surface area contributed by atoms with E-state index < -0.39 is 11.5 Å². The number of rotatable bonds is 4. The molecule has 10 nitrogen and oxygen atoms in total. The van der Waals surface area contributed by atoms with E-state index in [9.17, 15) is 9.59 Å². The molecule has 4 aromatic rings. The fourth-order valence-corrected chi connectivity index (χ4v) is 3.27. The highest BCUT2D eigenvalue weighted by atomic mass is 35.5. The van der Waals surface area contributed by atoms with Crippen molar-refractivity contribution in [1.82, 2.24) is 25.0 Å². The van der Waals surface area contributed by atoms with Gasteiger partial charge in [0.05, 0.1) is 6.54 Å². The number of hydrogen-bond acceptors (Lipinski definition) is 7. The Kier molecular flexibility index (Phi) is 4.32. The van der Waals surface area contributed by atoms with Crippen LogP contribution in [0.25, 0.3) is 11.2 Å². The zero-order valence-electron chi connectivity index (χ0n) is 15.3. The predicted octanol–water partition coefficient (Wildman–Crippen LogP) is 2.20. The molecule has 2 aromatic carbocycles. The summed E-state index contributed by atoms with van der Waals surface area (Å²) < 4.78 is 12.0. The van der Waals surface area contributed by atoms with E-state index in [2.05, 4.69) is 25.6 Å². The van der Waals surface area contributed by atoms with E-state index in [1.165, 1.54) is 4.68 Å². The average Bonchev–Trinajstić information content (AvgIpc) is 3.35. The third-order valence-corrected chi connectivity index (χ3v) is 4.68. The summed E-state index contributed by atoms with van der Waals surface area (Å²) in [6.45, 7) is 0.415. The smallest absolute Gasteiger partial charge is 0.291 e. The van der Waals surface area contributed by atoms with Crippen molar-refractivity contribution in [3.8, 4) is 11.5 Å². The second-order valence-corrected chi connectivity index (χ2v) is 6.92. The van der Waals surface area contributed by atoms with Crippen LogP contribution < -0.4 is 20.3 Å². The molecule has 1 amide bonds. The number of hydrogen-bond donors (Lipinski definition) is 2. The van der Waals surface area contributed by atoms with Crippen molar-refractivity contribution < 1.29 is 14.3 Å². The van der Waals surface area contributed by atoms with Gasteiger partial charge in [0, 0.05) is 16.8 Å². The number of carbonyl (C=O) groups excluding carboxylic acids is 1. The van der Waals surface area contributed by atoms with Crippen molar-refractivity contribution in [3.05, 3.63) is 69.2 Å². The summed E-state index contributed by atoms with van der Waals surface area (Å²) in [6.07, 6.45) is 0. The lowest BCUT2D eigenvalue weighted by atomic mass is 10.2. The first-order valence-electron chi connectivity index (χ1n) is 8.86. The fraction of sp³-hybridized carbons (Fsp3) is 0.105. The highest BCUT2D eigenvalue weighted by Gasteiger charge is 2.18. The summed E-state index contributed by atoms with van der Waals surface area (Å²) in [6, 6.07) is 12.2. The summed E-state index contributed by atoms with van der Waals surface area (Å²) in [5, 5.41) is 11.1. The van der Waals surface area contributed by atoms with Crippen molar-refractivity contribution in [2.75, 3.05) is 12.1 Å². The minimum absolute atomic E-state index is 0.0386. The van der Waals surface area contributed by atoms with E-state index in [0.29, 0.717) is 22.2 Å². The second-order valence-electron chi connectivity index (χ2n) is 6.49. The van der Waals surface area contributed by atoms with Gasteiger partial charge in [0.25, 0.3) is 11.5 Å². The van der Waals surface area contributed by atoms with Crippen LogP contribution in [0.15, 0.2) is 47.3 Å². The standard InChI is InChI=1S/C19H13ClN6O4/c20-11-3-1-2-10(6-11)8-26-17-15(24-25-26)18(27)23-16(22-17)19(28)21-12-4-5-13-14(7-12)30-9-29-13/h1-7H,8-9H2,(H,21,28)(H,22,23,27). The summed E-state index contributed by atoms with van der Waals surface area (Å²) in [7, 11) is 0. The number of amides is 1. The number of nitrogens with zero attached hydrogens (tertiary/aromatic N) is 4. The molecule has 1 aliphatic rings. The van der Waals surface area contributed by atoms with Gasteiger partial charge in [-0.3, -0.25) is 9.59 Å². The van der Waals surface area contributed by atoms with E-state index in [0.717, 1.165) is 5.56 Å². The molecule has 0 spiro atoms. The Morgan fingerprint density at radius 3 is 2.93 bits per heavy atom. The number of carbonyl (C=O) groups is 1. The lowest BCUT2D eigenvalue weighted by Gasteiger charge is -2.06. The third-order valence-electron chi connectivity index (χ3n) is 4.44. The molecule has 2 aromatic heterocycles. The number of ether oxygens (including phenoxy) is 2. The van der Waals surface area contributed by atoms with Crippen molar-refractivity contribution >= 4 is 34.4 Å². The van der Waals surface area contributed by atoms with Gasteiger partial charge >= 0.3 is 0 Å². The number of H-pyrrole nitrogens is 1. The number of nitrogens with one attached hydrogen (secondary N) is 2. The number of aromatic nitrogens is 5. The maximum Gasteiger partial charge on any atom is 0.291 e. The topological polar surface area (TPSA) is 124 Å². The van der Waals surface area contributed by atoms with Crippen LogP contribution in [-0.2, 0) is 6.54 Å². The number of halogens is 1. The molecule has 2 N–H and O–H groups in total. The minimum atomic E-state index is -0.594. The largest absolute Gasteiger partial charge is 0.454 e. The molecule has 150 valence electrons. The molecule has 0 bridgehead atoms. The SMILES string of the molecule is O=C(Nc1ccc2c(c1)OCO2)c1nc2c(nnn2Cc2cccc(Cl)c2)c(=O)[nH]1. The molecule has 0 saturated heterocycles. The molecule has 30 heavy (non-hydrogen) atoms. The molecule has 0 fully saturated rings. The highest BCUT2D eigenvalue weighted by Crippen LogP contribution is 2.34. The molecule has 0 atom stereocenters. The summed E-state index contributed by atoms with van der Waals surface area (Å²) in [4.78, 5) is 31.7. The molecular formula is C19H13ClN6O4. The molecular weight excluding hydrogens is 412 g/mol. The number of benzene rings is 2. The van der Waals surface area contributed by atoms with Gasteiger partial charge < -0.3 is 19.8 Å². The van der Waals surface area contributed by atoms with E-state index in [-0.39, 0.29) is 30.3 Å². The monoisotopic (exact) mass is 424 g/mol. The van der Waals surface area contributed by atoms with Crippen molar-refractivity contribution in [2.24, 2.45) is 0 Å². The van der Waals surface area contributed by atoms with Crippen LogP contribution in [0.5, 0.6) is 11.5 Å². The second kappa shape index (κ2) is 7.16. The van der Waals surface area contributed by atoms with Gasteiger partial charge in [0.15, 0.2) is 22.7 Å². The van der Waals surface area contributed by atoms with Crippen LogP contribution in [0.4, 0.5) is 5.69 Å². The van der Waals surface area contributed by atoms with Crippen molar-refractivity contribution in [1.29, 1.82) is 0 Å². The third kappa shape index (κ3) is 3.33. The molecule has 0 unspecified atom stereocenters. The van der Waals surface area contributed by atoms with Gasteiger partial charge in [-0.05, 0) is 29.8 Å². The molecule has 1 aliphatic heterocycles. The van der Waals surface area contributed by atoms with E-state index in [1.54, 1.807) is 36.4 Å². The Morgan fingerprint density at radius 1 is 1.20 bits per heavy atom. The van der Waals surface area contributed by atoms with Gasteiger partial charge in [0.2, 0.25) is 12.6 Å². The highest BCUT2D eigenvalue weighted by molar-refractivity contribution is 6.30. The van der Waals surface area contributed by atoms with Crippen molar-refractivity contribution in [3.63, 3.8) is 0 Å². The Morgan fingerprint density at radius 2 is 2.07 bits per heavy atom. The van der Waals surface area contributed by atoms with Gasteiger partial charge in [-0.15, -0.1) is 5.10 Å². The van der Waals surface area contributed by atoms with Gasteiger partial charge in [-0.2, -0.15) is 0 Å². The lowest BCUT2D eigenvalue weighted by molar-refractivity contribution is 0.101. The zero-order chi connectivity index (χ0) is 20.7. The van der Waals surface area contributed by atoms with E-state index in [4.69, 9.17) is 21.1 Å². The normalized spacial score (nSPS) is 12.3. The first kappa shape index (κ1) is 18.1. The fourth-order valence-electron chi connectivity index (χ4n) is 3.05. The summed E-state index contributed by atoms with van der Waals surface area (Å²) >= 11 is 6.02. The van der Waals surface area contributed by atoms with Crippen LogP contribution in [0.2, 0.25) is 5.02 Å². The van der Waals surface area contributed by atoms with Gasteiger partial charge in [0.1, 0.15) is 0 Å². The van der Waals surface area contributed by atoms with E-state index in [1.807, 2.05) is 6.07 Å². The molecule has 0 aliphatic carbocycles. The van der Waals surface area contributed by atoms with Gasteiger partial charge in [-0.25, -0.2) is 9.67 Å². The first-order valence-corrected chi connectivity index (χ1v) is 9.23. The molecule has 5 rings (SSSR count). The Hall–Kier alpha value is -3.92. The Labute approximate surface area is 173 Å². The van der Waals surface area contributed by atoms with Crippen LogP contribution in [0, 0.1) is 0 Å². The van der Waals surface area contributed by atoms with Gasteiger partial charge in [-0.1, -0.05) is 28.9 Å². The first-order chi connectivity index (χ1) is 14.6. The van der Waals surface area contributed by atoms with Crippen LogP contribution in [0.3, 0.4) is 0 Å². The van der Waals surface area contributed by atoms with E-state index >= 15 is 0 Å². The molecule has 0 radical (unpaired) electrons. The maximum absolute atomic E-state index is 12.7. The van der Waals surface area contributed by atoms with Crippen molar-refractivity contribution in [2.45, 2.75) is 6.54 Å². The van der Waals surface area contributed by atoms with Crippen LogP contribution in [-0.4, -0.2) is 37.7 Å². The Balaban J connectivity index is 1.46. The predicted molar refractivity (Wildman–Crippen MR) is 107 cm³/mol. The number of aromatic amines is 1. The quantitative estimate of drug-likeness (QED) is 0.514. The average molecular weight is 425 g/mol. The van der Waals surface area contributed by atoms with Crippen LogP contribution in [0.1, 0.15) is 16.2 Å². The Bertz CT molecular complexity index is 1350. The number of anilines is 1.